The highest BCUT2D eigenvalue weighted by molar-refractivity contribution is 5.42. The predicted molar refractivity (Wildman–Crippen MR) is 261 cm³/mol. The average Bonchev–Trinajstić information content (AvgIpc) is 3.32. The normalized spacial score (nSPS) is 11.2. The summed E-state index contributed by atoms with van der Waals surface area (Å²) in [6.45, 7) is 24.3. The summed E-state index contributed by atoms with van der Waals surface area (Å²) in [4.78, 5) is 0. The molecular formula is C53H82O12. The minimum atomic E-state index is -0.101. The second-order valence-electron chi connectivity index (χ2n) is 14.8. The van der Waals surface area contributed by atoms with Crippen molar-refractivity contribution < 1.29 is 56.8 Å². The Morgan fingerprint density at radius 3 is 0.969 bits per heavy atom. The van der Waals surface area contributed by atoms with Gasteiger partial charge in [-0.25, -0.2) is 0 Å². The fraction of sp³-hybridized carbons (Fsp3) is 0.547. The quantitative estimate of drug-likeness (QED) is 0.0465. The van der Waals surface area contributed by atoms with E-state index in [-0.39, 0.29) is 11.5 Å². The lowest BCUT2D eigenvalue weighted by Crippen LogP contribution is -2.18. The lowest BCUT2D eigenvalue weighted by atomic mass is 9.78. The third-order valence-electron chi connectivity index (χ3n) is 9.42. The summed E-state index contributed by atoms with van der Waals surface area (Å²) in [5.74, 6) is 3.46. The van der Waals surface area contributed by atoms with Gasteiger partial charge in [0.25, 0.3) is 0 Å². The number of hydrogen-bond acceptors (Lipinski definition) is 12. The van der Waals surface area contributed by atoms with Gasteiger partial charge < -0.3 is 56.8 Å². The Kier molecular flexibility index (Phi) is 35.2. The molecule has 0 N–H and O–H groups in total. The number of methoxy groups -OCH3 is 4. The summed E-state index contributed by atoms with van der Waals surface area (Å²) in [7, 11) is 6.67. The van der Waals surface area contributed by atoms with Gasteiger partial charge in [0.2, 0.25) is 0 Å². The van der Waals surface area contributed by atoms with E-state index in [1.807, 2.05) is 83.1 Å². The second kappa shape index (κ2) is 39.0. The first-order valence-corrected chi connectivity index (χ1v) is 22.8. The molecule has 366 valence electrons. The molecule has 12 heteroatoms. The first-order chi connectivity index (χ1) is 31.6. The lowest BCUT2D eigenvalue weighted by Gasteiger charge is -2.26. The molecule has 1 unspecified atom stereocenters. The van der Waals surface area contributed by atoms with Crippen LogP contribution in [0.15, 0.2) is 97.1 Å². The Morgan fingerprint density at radius 2 is 0.692 bits per heavy atom. The van der Waals surface area contributed by atoms with Gasteiger partial charge in [-0.15, -0.1) is 0 Å². The van der Waals surface area contributed by atoms with Gasteiger partial charge in [0.1, 0.15) is 49.4 Å². The van der Waals surface area contributed by atoms with E-state index in [0.29, 0.717) is 59.5 Å². The molecule has 0 aliphatic carbocycles. The van der Waals surface area contributed by atoms with Gasteiger partial charge in [0.05, 0.1) is 52.4 Å². The van der Waals surface area contributed by atoms with E-state index in [1.54, 1.807) is 28.4 Å². The monoisotopic (exact) mass is 911 g/mol. The summed E-state index contributed by atoms with van der Waals surface area (Å²) in [5, 5.41) is 0. The Morgan fingerprint density at radius 1 is 0.385 bits per heavy atom. The standard InChI is InChI=1S/C21H28O4.C19H24O4.C7H16O2.C6H14O2/c1-21(2,17-5-9-19(10-6-17)24-15-13-22-3)18-7-11-20(12-8-18)25-16-14-23-4;1-20-11-13-22-18-7-3-16(4-8-18)15-17-5-9-19(10-6-17)23-14-12-21-2;1-4-8-6-7(3)9-5-2;1-3-7-5-6-8-4-2/h5-12H,13-16H2,1-4H3;3-10H,11-15H2,1-2H3;7H,4-6H2,1-3H3;3-6H2,1-2H3. The van der Waals surface area contributed by atoms with Crippen LogP contribution >= 0.6 is 0 Å². The van der Waals surface area contributed by atoms with Crippen molar-refractivity contribution >= 4 is 0 Å². The van der Waals surface area contributed by atoms with E-state index in [4.69, 9.17) is 56.8 Å². The number of rotatable bonds is 30. The van der Waals surface area contributed by atoms with Crippen molar-refractivity contribution in [3.8, 4) is 23.0 Å². The van der Waals surface area contributed by atoms with Crippen LogP contribution in [0, 0.1) is 0 Å². The van der Waals surface area contributed by atoms with Gasteiger partial charge >= 0.3 is 0 Å². The molecule has 0 spiro atoms. The Balaban J connectivity index is 0.000000483. The largest absolute Gasteiger partial charge is 0.491 e. The number of hydrogen-bond donors (Lipinski definition) is 0. The molecule has 0 fully saturated rings. The average molecular weight is 911 g/mol. The molecule has 0 amide bonds. The third kappa shape index (κ3) is 28.4. The van der Waals surface area contributed by atoms with Crippen molar-refractivity contribution in [2.45, 2.75) is 66.4 Å². The van der Waals surface area contributed by atoms with Crippen molar-refractivity contribution in [3.63, 3.8) is 0 Å². The highest BCUT2D eigenvalue weighted by Gasteiger charge is 2.23. The van der Waals surface area contributed by atoms with Crippen LogP contribution in [0.3, 0.4) is 0 Å². The van der Waals surface area contributed by atoms with Crippen LogP contribution in [-0.2, 0) is 49.7 Å². The summed E-state index contributed by atoms with van der Waals surface area (Å²) < 4.78 is 62.7. The minimum absolute atomic E-state index is 0.101. The van der Waals surface area contributed by atoms with Gasteiger partial charge in [-0.1, -0.05) is 62.4 Å². The highest BCUT2D eigenvalue weighted by Crippen LogP contribution is 2.33. The summed E-state index contributed by atoms with van der Waals surface area (Å²) >= 11 is 0. The molecule has 4 rings (SSSR count). The summed E-state index contributed by atoms with van der Waals surface area (Å²) in [5.41, 5.74) is 4.87. The molecule has 4 aromatic carbocycles. The van der Waals surface area contributed by atoms with Crippen LogP contribution in [0.25, 0.3) is 0 Å². The second-order valence-corrected chi connectivity index (χ2v) is 14.8. The van der Waals surface area contributed by atoms with Gasteiger partial charge in [0, 0.05) is 60.3 Å². The molecular weight excluding hydrogens is 829 g/mol. The first-order valence-electron chi connectivity index (χ1n) is 22.8. The molecule has 0 saturated carbocycles. The zero-order chi connectivity index (χ0) is 47.8. The van der Waals surface area contributed by atoms with Crippen LogP contribution in [-0.4, -0.2) is 134 Å². The summed E-state index contributed by atoms with van der Waals surface area (Å²) in [6, 6.07) is 32.8. The molecule has 0 aliphatic rings. The van der Waals surface area contributed by atoms with Crippen molar-refractivity contribution in [1.29, 1.82) is 0 Å². The maximum absolute atomic E-state index is 5.63. The van der Waals surface area contributed by atoms with E-state index in [0.717, 1.165) is 69.1 Å². The Bertz CT molecular complexity index is 1520. The maximum atomic E-state index is 5.63. The molecule has 4 aromatic rings. The maximum Gasteiger partial charge on any atom is 0.119 e. The van der Waals surface area contributed by atoms with Crippen LogP contribution < -0.4 is 18.9 Å². The fourth-order valence-corrected chi connectivity index (χ4v) is 5.74. The van der Waals surface area contributed by atoms with Gasteiger partial charge in [-0.3, -0.25) is 0 Å². The fourth-order valence-electron chi connectivity index (χ4n) is 5.74. The van der Waals surface area contributed by atoms with Crippen molar-refractivity contribution in [2.24, 2.45) is 0 Å². The summed E-state index contributed by atoms with van der Waals surface area (Å²) in [6.07, 6.45) is 1.13. The molecule has 12 nitrogen and oxygen atoms in total. The molecule has 65 heavy (non-hydrogen) atoms. The Labute approximate surface area is 392 Å². The van der Waals surface area contributed by atoms with Crippen LogP contribution in [0.5, 0.6) is 23.0 Å². The topological polar surface area (TPSA) is 111 Å². The predicted octanol–water partition coefficient (Wildman–Crippen LogP) is 9.90. The molecule has 0 aliphatic heterocycles. The van der Waals surface area contributed by atoms with Crippen molar-refractivity contribution in [3.05, 3.63) is 119 Å². The van der Waals surface area contributed by atoms with Gasteiger partial charge in [-0.05, 0) is 112 Å². The zero-order valence-corrected chi connectivity index (χ0v) is 41.5. The van der Waals surface area contributed by atoms with Crippen molar-refractivity contribution in [1.82, 2.24) is 0 Å². The molecule has 1 atom stereocenters. The SMILES string of the molecule is CCOCC(C)OCC.CCOCCOCC.COCCOc1ccc(C(C)(C)c2ccc(OCCOC)cc2)cc1.COCCOc1ccc(Cc2ccc(OCCOC)cc2)cc1. The van der Waals surface area contributed by atoms with E-state index in [1.165, 1.54) is 22.3 Å². The lowest BCUT2D eigenvalue weighted by molar-refractivity contribution is 0.00215. The zero-order valence-electron chi connectivity index (χ0n) is 41.5. The van der Waals surface area contributed by atoms with Gasteiger partial charge in [-0.2, -0.15) is 0 Å². The van der Waals surface area contributed by atoms with Crippen LogP contribution in [0.4, 0.5) is 0 Å². The van der Waals surface area contributed by atoms with E-state index in [9.17, 15) is 0 Å². The molecule has 0 saturated heterocycles. The number of benzene rings is 4. The van der Waals surface area contributed by atoms with Crippen LogP contribution in [0.2, 0.25) is 0 Å². The molecule has 0 radical (unpaired) electrons. The first kappa shape index (κ1) is 58.8. The molecule has 0 heterocycles. The van der Waals surface area contributed by atoms with E-state index in [2.05, 4.69) is 62.4 Å². The van der Waals surface area contributed by atoms with Crippen molar-refractivity contribution in [2.75, 3.05) is 128 Å². The minimum Gasteiger partial charge on any atom is -0.491 e. The third-order valence-corrected chi connectivity index (χ3v) is 9.42. The van der Waals surface area contributed by atoms with E-state index < -0.39 is 0 Å². The molecule has 0 bridgehead atoms. The van der Waals surface area contributed by atoms with E-state index >= 15 is 0 Å². The van der Waals surface area contributed by atoms with Crippen LogP contribution in [0.1, 0.15) is 70.7 Å². The van der Waals surface area contributed by atoms with Gasteiger partial charge in [0.15, 0.2) is 0 Å². The highest BCUT2D eigenvalue weighted by atomic mass is 16.5. The number of ether oxygens (including phenoxy) is 12. The molecule has 0 aromatic heterocycles. The Hall–Kier alpha value is -4.24. The smallest absolute Gasteiger partial charge is 0.119 e.